The maximum Gasteiger partial charge on any atom is 0.151 e. The van der Waals surface area contributed by atoms with Gasteiger partial charge < -0.3 is 5.73 Å². The highest BCUT2D eigenvalue weighted by Crippen LogP contribution is 2.26. The Hall–Kier alpha value is -0.900. The molecule has 1 aliphatic heterocycles. The van der Waals surface area contributed by atoms with Crippen LogP contribution in [0.4, 0.5) is 0 Å². The van der Waals surface area contributed by atoms with Crippen LogP contribution >= 0.6 is 0 Å². The van der Waals surface area contributed by atoms with Gasteiger partial charge in [-0.05, 0) is 18.3 Å². The Balaban J connectivity index is 2.23. The van der Waals surface area contributed by atoms with Gasteiger partial charge in [-0.1, -0.05) is 20.8 Å². The Bertz CT molecular complexity index is 342. The second-order valence-electron chi connectivity index (χ2n) is 5.00. The molecule has 2 N–H and O–H groups in total. The average molecular weight is 208 g/mol. The van der Waals surface area contributed by atoms with Gasteiger partial charge in [0.2, 0.25) is 0 Å². The molecule has 1 aromatic heterocycles. The van der Waals surface area contributed by atoms with Crippen LogP contribution in [-0.2, 0) is 13.0 Å². The van der Waals surface area contributed by atoms with Gasteiger partial charge in [-0.25, -0.2) is 9.67 Å². The molecule has 0 fully saturated rings. The molecule has 4 heteroatoms. The van der Waals surface area contributed by atoms with Crippen LogP contribution in [-0.4, -0.2) is 14.8 Å². The predicted octanol–water partition coefficient (Wildman–Crippen LogP) is 1.52. The van der Waals surface area contributed by atoms with Crippen LogP contribution in [0.3, 0.4) is 0 Å². The van der Waals surface area contributed by atoms with Crippen LogP contribution < -0.4 is 5.73 Å². The van der Waals surface area contributed by atoms with Gasteiger partial charge >= 0.3 is 0 Å². The summed E-state index contributed by atoms with van der Waals surface area (Å²) in [6.07, 6.45) is 2.06. The number of aryl methyl sites for hydroxylation is 1. The van der Waals surface area contributed by atoms with E-state index in [-0.39, 0.29) is 6.04 Å². The molecule has 1 aromatic rings. The normalized spacial score (nSPS) is 25.7. The van der Waals surface area contributed by atoms with Crippen LogP contribution in [0, 0.1) is 11.8 Å². The smallest absolute Gasteiger partial charge is 0.151 e. The quantitative estimate of drug-likeness (QED) is 0.801. The fraction of sp³-hybridized carbons (Fsp3) is 0.818. The Morgan fingerprint density at radius 2 is 2.27 bits per heavy atom. The summed E-state index contributed by atoms with van der Waals surface area (Å²) in [4.78, 5) is 4.55. The van der Waals surface area contributed by atoms with Crippen molar-refractivity contribution < 1.29 is 0 Å². The van der Waals surface area contributed by atoms with E-state index < -0.39 is 0 Å². The maximum atomic E-state index is 6.11. The summed E-state index contributed by atoms with van der Waals surface area (Å²) in [6.45, 7) is 7.52. The molecule has 2 atom stereocenters. The van der Waals surface area contributed by atoms with Crippen molar-refractivity contribution in [2.45, 2.75) is 46.2 Å². The Labute approximate surface area is 90.9 Å². The third-order valence-corrected chi connectivity index (χ3v) is 3.04. The molecule has 0 radical (unpaired) electrons. The summed E-state index contributed by atoms with van der Waals surface area (Å²) in [5.74, 6) is 3.05. The highest BCUT2D eigenvalue weighted by molar-refractivity contribution is 5.03. The molecule has 0 aromatic carbocycles. The number of hydrogen-bond acceptors (Lipinski definition) is 3. The number of fused-ring (bicyclic) bond motifs is 1. The van der Waals surface area contributed by atoms with E-state index in [0.717, 1.165) is 31.0 Å². The standard InChI is InChI=1S/C11H20N4/c1-7(2)6-9-13-11-10(12)8(3)4-5-15(11)14-9/h7-8,10H,4-6,12H2,1-3H3. The van der Waals surface area contributed by atoms with E-state index in [9.17, 15) is 0 Å². The van der Waals surface area contributed by atoms with E-state index in [4.69, 9.17) is 5.73 Å². The SMILES string of the molecule is CC(C)Cc1nc2n(n1)CCC(C)C2N. The summed E-state index contributed by atoms with van der Waals surface area (Å²) in [5, 5.41) is 4.50. The lowest BCUT2D eigenvalue weighted by atomic mass is 9.95. The highest BCUT2D eigenvalue weighted by atomic mass is 15.4. The number of rotatable bonds is 2. The molecule has 84 valence electrons. The van der Waals surface area contributed by atoms with Crippen LogP contribution in [0.5, 0.6) is 0 Å². The van der Waals surface area contributed by atoms with Crippen LogP contribution in [0.15, 0.2) is 0 Å². The third kappa shape index (κ3) is 2.04. The topological polar surface area (TPSA) is 56.7 Å². The Morgan fingerprint density at radius 3 is 2.93 bits per heavy atom. The van der Waals surface area contributed by atoms with Crippen molar-refractivity contribution in [3.05, 3.63) is 11.6 Å². The fourth-order valence-corrected chi connectivity index (χ4v) is 2.03. The summed E-state index contributed by atoms with van der Waals surface area (Å²) < 4.78 is 1.99. The third-order valence-electron chi connectivity index (χ3n) is 3.04. The van der Waals surface area contributed by atoms with Crippen LogP contribution in [0.25, 0.3) is 0 Å². The minimum absolute atomic E-state index is 0.0622. The van der Waals surface area contributed by atoms with Gasteiger partial charge in [0.1, 0.15) is 5.82 Å². The van der Waals surface area contributed by atoms with Gasteiger partial charge in [-0.3, -0.25) is 0 Å². The first-order valence-electron chi connectivity index (χ1n) is 5.77. The van der Waals surface area contributed by atoms with Crippen molar-refractivity contribution in [1.29, 1.82) is 0 Å². The van der Waals surface area contributed by atoms with Crippen LogP contribution in [0.1, 0.15) is 44.9 Å². The number of hydrogen-bond donors (Lipinski definition) is 1. The number of aromatic nitrogens is 3. The zero-order chi connectivity index (χ0) is 11.0. The molecule has 4 nitrogen and oxygen atoms in total. The van der Waals surface area contributed by atoms with Gasteiger partial charge in [0.25, 0.3) is 0 Å². The molecular formula is C11H20N4. The van der Waals surface area contributed by atoms with Gasteiger partial charge in [-0.2, -0.15) is 5.10 Å². The van der Waals surface area contributed by atoms with Gasteiger partial charge in [0.05, 0.1) is 6.04 Å². The molecule has 0 spiro atoms. The van der Waals surface area contributed by atoms with Gasteiger partial charge in [0, 0.05) is 13.0 Å². The second kappa shape index (κ2) is 3.93. The largest absolute Gasteiger partial charge is 0.321 e. The lowest BCUT2D eigenvalue weighted by Crippen LogP contribution is -2.29. The molecule has 15 heavy (non-hydrogen) atoms. The molecule has 0 bridgehead atoms. The molecule has 0 aliphatic carbocycles. The molecular weight excluding hydrogens is 188 g/mol. The first kappa shape index (κ1) is 10.6. The Kier molecular flexibility index (Phi) is 2.78. The lowest BCUT2D eigenvalue weighted by Gasteiger charge is -2.24. The van der Waals surface area contributed by atoms with E-state index in [1.807, 2.05) is 4.68 Å². The molecule has 2 heterocycles. The minimum atomic E-state index is 0.0622. The van der Waals surface area contributed by atoms with Crippen molar-refractivity contribution in [3.63, 3.8) is 0 Å². The van der Waals surface area contributed by atoms with E-state index >= 15 is 0 Å². The van der Waals surface area contributed by atoms with Crippen molar-refractivity contribution in [2.75, 3.05) is 0 Å². The van der Waals surface area contributed by atoms with E-state index in [2.05, 4.69) is 30.9 Å². The Morgan fingerprint density at radius 1 is 1.53 bits per heavy atom. The van der Waals surface area contributed by atoms with Crippen molar-refractivity contribution in [2.24, 2.45) is 17.6 Å². The number of nitrogens with zero attached hydrogens (tertiary/aromatic N) is 3. The van der Waals surface area contributed by atoms with Gasteiger partial charge in [0.15, 0.2) is 5.82 Å². The first-order valence-corrected chi connectivity index (χ1v) is 5.77. The van der Waals surface area contributed by atoms with Gasteiger partial charge in [-0.15, -0.1) is 0 Å². The zero-order valence-corrected chi connectivity index (χ0v) is 9.77. The summed E-state index contributed by atoms with van der Waals surface area (Å²) in [5.41, 5.74) is 6.11. The molecule has 1 aliphatic rings. The second-order valence-corrected chi connectivity index (χ2v) is 5.00. The predicted molar refractivity (Wildman–Crippen MR) is 59.3 cm³/mol. The fourth-order valence-electron chi connectivity index (χ4n) is 2.03. The summed E-state index contributed by atoms with van der Waals surface area (Å²) in [6, 6.07) is 0.0622. The molecule has 0 amide bonds. The van der Waals surface area contributed by atoms with E-state index in [1.54, 1.807) is 0 Å². The minimum Gasteiger partial charge on any atom is -0.321 e. The average Bonchev–Trinajstić information content (AvgIpc) is 2.54. The van der Waals surface area contributed by atoms with E-state index in [0.29, 0.717) is 11.8 Å². The summed E-state index contributed by atoms with van der Waals surface area (Å²) >= 11 is 0. The highest BCUT2D eigenvalue weighted by Gasteiger charge is 2.26. The lowest BCUT2D eigenvalue weighted by molar-refractivity contribution is 0.323. The van der Waals surface area contributed by atoms with Crippen LogP contribution in [0.2, 0.25) is 0 Å². The van der Waals surface area contributed by atoms with Crippen molar-refractivity contribution >= 4 is 0 Å². The molecule has 0 saturated heterocycles. The number of nitrogens with two attached hydrogens (primary N) is 1. The van der Waals surface area contributed by atoms with Crippen molar-refractivity contribution in [1.82, 2.24) is 14.8 Å². The molecule has 2 rings (SSSR count). The summed E-state index contributed by atoms with van der Waals surface area (Å²) in [7, 11) is 0. The molecule has 0 saturated carbocycles. The first-order chi connectivity index (χ1) is 7.08. The monoisotopic (exact) mass is 208 g/mol. The molecule has 2 unspecified atom stereocenters. The van der Waals surface area contributed by atoms with Crippen molar-refractivity contribution in [3.8, 4) is 0 Å². The maximum absolute atomic E-state index is 6.11. The van der Waals surface area contributed by atoms with E-state index in [1.165, 1.54) is 0 Å². The zero-order valence-electron chi connectivity index (χ0n) is 9.77.